The summed E-state index contributed by atoms with van der Waals surface area (Å²) in [4.78, 5) is 49.2. The Balaban J connectivity index is 1.02. The largest absolute Gasteiger partial charge is 0.494 e. The minimum atomic E-state index is -0.769. The van der Waals surface area contributed by atoms with Gasteiger partial charge in [-0.1, -0.05) is 49.9 Å². The highest BCUT2D eigenvalue weighted by Gasteiger charge is 2.05. The molecular formula is C26H30N4O8. The van der Waals surface area contributed by atoms with E-state index in [0.29, 0.717) is 13.2 Å². The molecule has 2 N–H and O–H groups in total. The molecule has 38 heavy (non-hydrogen) atoms. The van der Waals surface area contributed by atoms with Crippen LogP contribution in [0.3, 0.4) is 0 Å². The van der Waals surface area contributed by atoms with Gasteiger partial charge in [0, 0.05) is 0 Å². The third kappa shape index (κ3) is 8.02. The monoisotopic (exact) mass is 526 g/mol. The number of rotatable bonds is 15. The number of aromatic nitrogens is 4. The lowest BCUT2D eigenvalue weighted by Gasteiger charge is -2.08. The normalized spacial score (nSPS) is 11.1. The summed E-state index contributed by atoms with van der Waals surface area (Å²) in [7, 11) is 0. The number of benzene rings is 2. The van der Waals surface area contributed by atoms with Gasteiger partial charge in [-0.05, 0) is 48.2 Å². The Morgan fingerprint density at radius 3 is 1.26 bits per heavy atom. The molecule has 2 aromatic heterocycles. The quantitative estimate of drug-likeness (QED) is 0.224. The molecule has 0 aliphatic carbocycles. The summed E-state index contributed by atoms with van der Waals surface area (Å²) in [6.45, 7) is 1.62. The van der Waals surface area contributed by atoms with E-state index < -0.39 is 22.9 Å². The molecular weight excluding hydrogens is 496 g/mol. The molecule has 4 aromatic rings. The van der Waals surface area contributed by atoms with Gasteiger partial charge in [0.15, 0.2) is 0 Å². The molecule has 4 rings (SSSR count). The van der Waals surface area contributed by atoms with E-state index in [2.05, 4.69) is 9.97 Å². The van der Waals surface area contributed by atoms with Crippen molar-refractivity contribution in [3.05, 3.63) is 102 Å². The molecule has 0 saturated carbocycles. The zero-order valence-electron chi connectivity index (χ0n) is 20.9. The van der Waals surface area contributed by atoms with Gasteiger partial charge in [0.1, 0.15) is 11.5 Å². The van der Waals surface area contributed by atoms with Crippen molar-refractivity contribution in [2.45, 2.75) is 51.6 Å². The SMILES string of the molecule is O=c1[nH]c(=O)n(Cc2ccc(OCCCCCCCCOc3ccc(Cn4oc(=O)[nH]c4=O)cc3)cc2)o1. The summed E-state index contributed by atoms with van der Waals surface area (Å²) in [5.74, 6) is -0.0245. The molecule has 0 atom stereocenters. The fraction of sp³-hybridized carbons (Fsp3) is 0.385. The van der Waals surface area contributed by atoms with E-state index in [1.165, 1.54) is 0 Å². The lowest BCUT2D eigenvalue weighted by molar-refractivity contribution is 0.257. The van der Waals surface area contributed by atoms with E-state index >= 15 is 0 Å². The lowest BCUT2D eigenvalue weighted by Crippen LogP contribution is -2.17. The number of hydrogen-bond acceptors (Lipinski definition) is 8. The van der Waals surface area contributed by atoms with Crippen LogP contribution < -0.4 is 32.4 Å². The van der Waals surface area contributed by atoms with Crippen LogP contribution in [0.15, 0.2) is 76.8 Å². The van der Waals surface area contributed by atoms with Crippen molar-refractivity contribution in [3.8, 4) is 11.5 Å². The highest BCUT2D eigenvalue weighted by molar-refractivity contribution is 5.28. The van der Waals surface area contributed by atoms with Gasteiger partial charge in [-0.15, -0.1) is 9.48 Å². The van der Waals surface area contributed by atoms with E-state index in [0.717, 1.165) is 70.6 Å². The minimum absolute atomic E-state index is 0.176. The van der Waals surface area contributed by atoms with Crippen LogP contribution in [0.4, 0.5) is 0 Å². The number of hydrogen-bond donors (Lipinski definition) is 2. The number of nitrogens with one attached hydrogen (secondary N) is 2. The molecule has 202 valence electrons. The molecule has 0 saturated heterocycles. The van der Waals surface area contributed by atoms with Gasteiger partial charge in [0.05, 0.1) is 26.3 Å². The Kier molecular flexibility index (Phi) is 9.22. The summed E-state index contributed by atoms with van der Waals surface area (Å²) in [6, 6.07) is 14.7. The molecule has 2 heterocycles. The minimum Gasteiger partial charge on any atom is -0.494 e. The van der Waals surface area contributed by atoms with E-state index in [1.54, 1.807) is 0 Å². The topological polar surface area (TPSA) is 154 Å². The summed E-state index contributed by atoms with van der Waals surface area (Å²) < 4.78 is 23.0. The Bertz CT molecular complexity index is 1390. The van der Waals surface area contributed by atoms with Crippen LogP contribution in [0.25, 0.3) is 0 Å². The van der Waals surface area contributed by atoms with E-state index in [4.69, 9.17) is 18.5 Å². The van der Waals surface area contributed by atoms with Crippen molar-refractivity contribution in [1.29, 1.82) is 0 Å². The number of ether oxygens (including phenoxy) is 2. The van der Waals surface area contributed by atoms with Crippen LogP contribution >= 0.6 is 0 Å². The summed E-state index contributed by atoms with van der Waals surface area (Å²) in [5.41, 5.74) is 0.504. The molecule has 12 heteroatoms. The van der Waals surface area contributed by atoms with E-state index in [1.807, 2.05) is 48.5 Å². The van der Waals surface area contributed by atoms with Crippen molar-refractivity contribution in [1.82, 2.24) is 19.4 Å². The second kappa shape index (κ2) is 13.2. The third-order valence-electron chi connectivity index (χ3n) is 5.83. The molecule has 0 fully saturated rings. The van der Waals surface area contributed by atoms with E-state index in [9.17, 15) is 19.2 Å². The predicted molar refractivity (Wildman–Crippen MR) is 137 cm³/mol. The van der Waals surface area contributed by atoms with E-state index in [-0.39, 0.29) is 13.1 Å². The maximum Gasteiger partial charge on any atom is 0.440 e. The zero-order chi connectivity index (χ0) is 26.7. The number of aromatic amines is 2. The standard InChI is InChI=1S/C26H30N4O8/c31-23-27-25(33)37-29(23)17-19-7-11-21(12-8-19)35-15-5-3-1-2-4-6-16-36-22-13-9-20(10-14-22)18-30-24(32)28-26(34)38-30/h7-14H,1-6,15-18H2,(H,27,31,33)(H,28,32,34). The van der Waals surface area contributed by atoms with Gasteiger partial charge < -0.3 is 18.5 Å². The van der Waals surface area contributed by atoms with Gasteiger partial charge in [-0.2, -0.15) is 0 Å². The molecule has 0 unspecified atom stereocenters. The molecule has 0 radical (unpaired) electrons. The number of nitrogens with zero attached hydrogens (tertiary/aromatic N) is 2. The third-order valence-corrected chi connectivity index (χ3v) is 5.83. The Hall–Kier alpha value is -4.48. The maximum absolute atomic E-state index is 11.5. The Morgan fingerprint density at radius 2 is 0.921 bits per heavy atom. The first-order valence-corrected chi connectivity index (χ1v) is 12.5. The molecule has 0 aliphatic heterocycles. The van der Waals surface area contributed by atoms with Crippen LogP contribution in [0.1, 0.15) is 49.7 Å². The van der Waals surface area contributed by atoms with Crippen LogP contribution in [0.2, 0.25) is 0 Å². The van der Waals surface area contributed by atoms with Crippen LogP contribution in [0.5, 0.6) is 11.5 Å². The highest BCUT2D eigenvalue weighted by Crippen LogP contribution is 2.15. The van der Waals surface area contributed by atoms with Crippen LogP contribution in [0, 0.1) is 0 Å². The Labute approximate surface area is 216 Å². The first kappa shape index (κ1) is 26.6. The van der Waals surface area contributed by atoms with Gasteiger partial charge in [0.25, 0.3) is 0 Å². The van der Waals surface area contributed by atoms with Crippen molar-refractivity contribution in [2.24, 2.45) is 0 Å². The van der Waals surface area contributed by atoms with Crippen molar-refractivity contribution < 1.29 is 18.5 Å². The average Bonchev–Trinajstić information content (AvgIpc) is 3.39. The molecule has 0 spiro atoms. The fourth-order valence-electron chi connectivity index (χ4n) is 3.84. The summed E-state index contributed by atoms with van der Waals surface area (Å²) in [5, 5.41) is 0. The second-order valence-electron chi connectivity index (χ2n) is 8.80. The molecule has 12 nitrogen and oxygen atoms in total. The van der Waals surface area contributed by atoms with Crippen molar-refractivity contribution >= 4 is 0 Å². The molecule has 0 aliphatic rings. The Morgan fingerprint density at radius 1 is 0.553 bits per heavy atom. The number of H-pyrrole nitrogens is 2. The first-order valence-electron chi connectivity index (χ1n) is 12.5. The van der Waals surface area contributed by atoms with Gasteiger partial charge in [-0.3, -0.25) is 0 Å². The van der Waals surface area contributed by atoms with Crippen LogP contribution in [-0.4, -0.2) is 32.7 Å². The maximum atomic E-state index is 11.5. The summed E-state index contributed by atoms with van der Waals surface area (Å²) >= 11 is 0. The van der Waals surface area contributed by atoms with Gasteiger partial charge in [0.2, 0.25) is 0 Å². The predicted octanol–water partition coefficient (Wildman–Crippen LogP) is 2.47. The van der Waals surface area contributed by atoms with Crippen molar-refractivity contribution in [2.75, 3.05) is 13.2 Å². The van der Waals surface area contributed by atoms with Crippen molar-refractivity contribution in [3.63, 3.8) is 0 Å². The first-order chi connectivity index (χ1) is 18.5. The fourth-order valence-corrected chi connectivity index (χ4v) is 3.84. The average molecular weight is 527 g/mol. The van der Waals surface area contributed by atoms with Gasteiger partial charge in [-0.25, -0.2) is 29.1 Å². The molecule has 0 amide bonds. The summed E-state index contributed by atoms with van der Waals surface area (Å²) in [6.07, 6.45) is 6.35. The molecule has 0 bridgehead atoms. The second-order valence-corrected chi connectivity index (χ2v) is 8.80. The number of unbranched alkanes of at least 4 members (excludes halogenated alkanes) is 5. The smallest absolute Gasteiger partial charge is 0.440 e. The molecule has 2 aromatic carbocycles. The van der Waals surface area contributed by atoms with Gasteiger partial charge >= 0.3 is 22.9 Å². The lowest BCUT2D eigenvalue weighted by atomic mass is 10.1. The highest BCUT2D eigenvalue weighted by atomic mass is 16.5. The van der Waals surface area contributed by atoms with Crippen LogP contribution in [-0.2, 0) is 13.1 Å². The zero-order valence-corrected chi connectivity index (χ0v) is 20.9.